The van der Waals surface area contributed by atoms with E-state index in [1.807, 2.05) is 30.3 Å². The van der Waals surface area contributed by atoms with Crippen molar-refractivity contribution in [3.63, 3.8) is 0 Å². The Kier molecular flexibility index (Phi) is 3.88. The molecule has 0 radical (unpaired) electrons. The fourth-order valence-electron chi connectivity index (χ4n) is 2.48. The molecule has 0 saturated heterocycles. The molecule has 3 rings (SSSR count). The maximum absolute atomic E-state index is 11.6. The fourth-order valence-corrected chi connectivity index (χ4v) is 2.48. The molecule has 4 nitrogen and oxygen atoms in total. The van der Waals surface area contributed by atoms with Gasteiger partial charge in [-0.1, -0.05) is 30.3 Å². The number of carbonyl (C=O) groups is 1. The van der Waals surface area contributed by atoms with E-state index in [0.717, 1.165) is 24.4 Å². The average molecular weight is 283 g/mol. The van der Waals surface area contributed by atoms with E-state index in [9.17, 15) is 4.79 Å². The fraction of sp³-hybridized carbons (Fsp3) is 0.235. The number of rotatable bonds is 3. The molecule has 0 amide bonds. The van der Waals surface area contributed by atoms with Crippen molar-refractivity contribution in [2.45, 2.75) is 13.1 Å². The quantitative estimate of drug-likeness (QED) is 0.812. The van der Waals surface area contributed by atoms with Gasteiger partial charge in [-0.15, -0.1) is 0 Å². The van der Waals surface area contributed by atoms with Gasteiger partial charge in [0.25, 0.3) is 0 Å². The summed E-state index contributed by atoms with van der Waals surface area (Å²) in [5, 5.41) is 0. The Morgan fingerprint density at radius 1 is 1.24 bits per heavy atom. The van der Waals surface area contributed by atoms with Crippen molar-refractivity contribution >= 4 is 5.97 Å². The van der Waals surface area contributed by atoms with E-state index in [2.05, 4.69) is 17.0 Å². The topological polar surface area (TPSA) is 38.8 Å². The minimum Gasteiger partial charge on any atom is -0.478 e. The zero-order valence-corrected chi connectivity index (χ0v) is 11.9. The van der Waals surface area contributed by atoms with Crippen molar-refractivity contribution in [2.24, 2.45) is 0 Å². The van der Waals surface area contributed by atoms with E-state index < -0.39 is 0 Å². The maximum atomic E-state index is 11.6. The highest BCUT2D eigenvalue weighted by atomic mass is 16.5. The minimum atomic E-state index is -0.321. The van der Waals surface area contributed by atoms with Gasteiger partial charge in [0.1, 0.15) is 12.5 Å². The third-order valence-corrected chi connectivity index (χ3v) is 3.53. The normalized spacial score (nSPS) is 14.1. The van der Waals surface area contributed by atoms with Crippen molar-refractivity contribution in [3.05, 3.63) is 65.2 Å². The molecule has 0 spiro atoms. The molecule has 0 saturated carbocycles. The van der Waals surface area contributed by atoms with Gasteiger partial charge in [-0.05, 0) is 23.8 Å². The van der Waals surface area contributed by atoms with Crippen LogP contribution in [0.25, 0.3) is 0 Å². The molecule has 4 heteroatoms. The number of ether oxygens (including phenoxy) is 2. The summed E-state index contributed by atoms with van der Waals surface area (Å²) in [5.74, 6) is 0.518. The standard InChI is InChI=1S/C17H17NO3/c1-20-17(19)14-7-8-16-15(9-14)11-18(12-21-16)10-13-5-3-2-4-6-13/h2-9H,10-12H2,1H3. The van der Waals surface area contributed by atoms with Crippen LogP contribution < -0.4 is 4.74 Å². The van der Waals surface area contributed by atoms with Crippen LogP contribution in [0.5, 0.6) is 5.75 Å². The molecule has 1 aliphatic rings. The molecule has 1 aliphatic heterocycles. The molecule has 0 atom stereocenters. The van der Waals surface area contributed by atoms with Gasteiger partial charge in [0.15, 0.2) is 0 Å². The first-order chi connectivity index (χ1) is 10.3. The van der Waals surface area contributed by atoms with E-state index in [1.165, 1.54) is 12.7 Å². The average Bonchev–Trinajstić information content (AvgIpc) is 2.54. The van der Waals surface area contributed by atoms with Gasteiger partial charge in [0, 0.05) is 18.7 Å². The summed E-state index contributed by atoms with van der Waals surface area (Å²) in [6, 6.07) is 15.7. The van der Waals surface area contributed by atoms with Crippen LogP contribution in [-0.2, 0) is 17.8 Å². The Labute approximate surface area is 123 Å². The van der Waals surface area contributed by atoms with Gasteiger partial charge in [0.2, 0.25) is 0 Å². The first-order valence-corrected chi connectivity index (χ1v) is 6.86. The predicted octanol–water partition coefficient (Wildman–Crippen LogP) is 2.83. The Balaban J connectivity index is 1.76. The first-order valence-electron chi connectivity index (χ1n) is 6.86. The highest BCUT2D eigenvalue weighted by Gasteiger charge is 2.19. The third-order valence-electron chi connectivity index (χ3n) is 3.53. The van der Waals surface area contributed by atoms with Crippen LogP contribution in [0.3, 0.4) is 0 Å². The van der Waals surface area contributed by atoms with Crippen LogP contribution in [-0.4, -0.2) is 24.7 Å². The van der Waals surface area contributed by atoms with Crippen LogP contribution in [0.2, 0.25) is 0 Å². The van der Waals surface area contributed by atoms with E-state index in [-0.39, 0.29) is 5.97 Å². The molecule has 0 fully saturated rings. The van der Waals surface area contributed by atoms with Gasteiger partial charge in [0.05, 0.1) is 12.7 Å². The smallest absolute Gasteiger partial charge is 0.337 e. The molecular weight excluding hydrogens is 266 g/mol. The molecular formula is C17H17NO3. The molecule has 1 heterocycles. The molecule has 108 valence electrons. The van der Waals surface area contributed by atoms with E-state index >= 15 is 0 Å². The lowest BCUT2D eigenvalue weighted by Crippen LogP contribution is -2.31. The van der Waals surface area contributed by atoms with E-state index in [1.54, 1.807) is 6.07 Å². The number of benzene rings is 2. The molecule has 0 aliphatic carbocycles. The SMILES string of the molecule is COC(=O)c1ccc2c(c1)CN(Cc1ccccc1)CO2. The number of hydrogen-bond acceptors (Lipinski definition) is 4. The van der Waals surface area contributed by atoms with Gasteiger partial charge >= 0.3 is 5.97 Å². The van der Waals surface area contributed by atoms with Crippen molar-refractivity contribution in [1.29, 1.82) is 0 Å². The Morgan fingerprint density at radius 3 is 2.81 bits per heavy atom. The number of hydrogen-bond donors (Lipinski definition) is 0. The Hall–Kier alpha value is -2.33. The zero-order valence-electron chi connectivity index (χ0n) is 11.9. The van der Waals surface area contributed by atoms with Crippen molar-refractivity contribution in [3.8, 4) is 5.75 Å². The minimum absolute atomic E-state index is 0.321. The van der Waals surface area contributed by atoms with Crippen LogP contribution in [0.15, 0.2) is 48.5 Å². The van der Waals surface area contributed by atoms with Gasteiger partial charge in [-0.2, -0.15) is 0 Å². The second-order valence-corrected chi connectivity index (χ2v) is 5.06. The molecule has 0 unspecified atom stereocenters. The monoisotopic (exact) mass is 283 g/mol. The summed E-state index contributed by atoms with van der Waals surface area (Å²) >= 11 is 0. The summed E-state index contributed by atoms with van der Waals surface area (Å²) in [7, 11) is 1.39. The number of esters is 1. The third kappa shape index (κ3) is 3.06. The maximum Gasteiger partial charge on any atom is 0.337 e. The molecule has 0 aromatic heterocycles. The zero-order chi connectivity index (χ0) is 14.7. The molecule has 0 N–H and O–H groups in total. The molecule has 21 heavy (non-hydrogen) atoms. The molecule has 0 bridgehead atoms. The van der Waals surface area contributed by atoms with Crippen molar-refractivity contribution in [1.82, 2.24) is 4.90 Å². The highest BCUT2D eigenvalue weighted by Crippen LogP contribution is 2.27. The summed E-state index contributed by atoms with van der Waals surface area (Å²) in [4.78, 5) is 13.8. The summed E-state index contributed by atoms with van der Waals surface area (Å²) in [6.45, 7) is 2.14. The number of methoxy groups -OCH3 is 1. The lowest BCUT2D eigenvalue weighted by Gasteiger charge is -2.29. The second-order valence-electron chi connectivity index (χ2n) is 5.06. The lowest BCUT2D eigenvalue weighted by atomic mass is 10.1. The van der Waals surface area contributed by atoms with Crippen molar-refractivity contribution in [2.75, 3.05) is 13.8 Å². The van der Waals surface area contributed by atoms with E-state index in [4.69, 9.17) is 9.47 Å². The Morgan fingerprint density at radius 2 is 2.05 bits per heavy atom. The number of fused-ring (bicyclic) bond motifs is 1. The highest BCUT2D eigenvalue weighted by molar-refractivity contribution is 5.89. The summed E-state index contributed by atoms with van der Waals surface area (Å²) in [5.41, 5.74) is 2.81. The molecule has 2 aromatic carbocycles. The van der Waals surface area contributed by atoms with Crippen LogP contribution in [0.4, 0.5) is 0 Å². The van der Waals surface area contributed by atoms with Gasteiger partial charge < -0.3 is 9.47 Å². The summed E-state index contributed by atoms with van der Waals surface area (Å²) in [6.07, 6.45) is 0. The summed E-state index contributed by atoms with van der Waals surface area (Å²) < 4.78 is 10.5. The van der Waals surface area contributed by atoms with Gasteiger partial charge in [-0.3, -0.25) is 4.90 Å². The first kappa shape index (κ1) is 13.6. The van der Waals surface area contributed by atoms with Crippen LogP contribution >= 0.6 is 0 Å². The van der Waals surface area contributed by atoms with E-state index in [0.29, 0.717) is 12.3 Å². The van der Waals surface area contributed by atoms with Crippen LogP contribution in [0, 0.1) is 0 Å². The number of carbonyl (C=O) groups excluding carboxylic acids is 1. The second kappa shape index (κ2) is 5.97. The predicted molar refractivity (Wildman–Crippen MR) is 79.0 cm³/mol. The van der Waals surface area contributed by atoms with Crippen LogP contribution in [0.1, 0.15) is 21.5 Å². The van der Waals surface area contributed by atoms with Crippen molar-refractivity contribution < 1.29 is 14.3 Å². The largest absolute Gasteiger partial charge is 0.478 e. The van der Waals surface area contributed by atoms with Gasteiger partial charge in [-0.25, -0.2) is 4.79 Å². The Bertz CT molecular complexity index is 640. The lowest BCUT2D eigenvalue weighted by molar-refractivity contribution is 0.0598. The number of nitrogens with zero attached hydrogens (tertiary/aromatic N) is 1. The molecule has 2 aromatic rings.